The molecular weight excluding hydrogens is 366 g/mol. The Bertz CT molecular complexity index is 753. The van der Waals surface area contributed by atoms with Crippen molar-refractivity contribution in [3.8, 4) is 5.75 Å². The summed E-state index contributed by atoms with van der Waals surface area (Å²) >= 11 is 1.81. The molecule has 0 aromatic carbocycles. The summed E-state index contributed by atoms with van der Waals surface area (Å²) in [6, 6.07) is 8.54. The Morgan fingerprint density at radius 3 is 2.82 bits per heavy atom. The number of hydrogen-bond donors (Lipinski definition) is 0. The molecule has 1 spiro atoms. The van der Waals surface area contributed by atoms with Crippen LogP contribution in [0.3, 0.4) is 0 Å². The molecule has 2 aliphatic rings. The van der Waals surface area contributed by atoms with Gasteiger partial charge in [-0.15, -0.1) is 11.3 Å². The van der Waals surface area contributed by atoms with Crippen molar-refractivity contribution in [3.05, 3.63) is 46.4 Å². The van der Waals surface area contributed by atoms with Gasteiger partial charge in [0.05, 0.1) is 12.7 Å². The number of thiophene rings is 1. The Kier molecular flexibility index (Phi) is 6.07. The fourth-order valence-electron chi connectivity index (χ4n) is 5.59. The number of pyridine rings is 1. The zero-order valence-corrected chi connectivity index (χ0v) is 18.1. The number of rotatable bonds is 7. The fraction of sp³-hybridized carbons (Fsp3) is 0.625. The molecule has 0 amide bonds. The van der Waals surface area contributed by atoms with Gasteiger partial charge in [-0.2, -0.15) is 0 Å². The standard InChI is InChI=1S/C24H33NO2S/c1-19(8-7-9-21-20(26-2)11-17-28-21)24(22-10-3-6-15-25-22)14-16-27-23(18-24)12-4-5-13-23/h3,6,10-11,15,17,19H,4-5,7-9,12-14,16,18H2,1-2H3. The minimum Gasteiger partial charge on any atom is -0.496 e. The molecule has 2 unspecified atom stereocenters. The van der Waals surface area contributed by atoms with Crippen molar-refractivity contribution in [3.63, 3.8) is 0 Å². The molecule has 2 atom stereocenters. The third-order valence-corrected chi connectivity index (χ3v) is 8.15. The molecule has 2 fully saturated rings. The summed E-state index contributed by atoms with van der Waals surface area (Å²) < 4.78 is 11.9. The van der Waals surface area contributed by atoms with E-state index in [0.717, 1.165) is 31.6 Å². The van der Waals surface area contributed by atoms with Crippen LogP contribution in [0, 0.1) is 5.92 Å². The second kappa shape index (κ2) is 8.54. The first-order valence-electron chi connectivity index (χ1n) is 10.8. The van der Waals surface area contributed by atoms with Gasteiger partial charge in [-0.3, -0.25) is 4.98 Å². The van der Waals surface area contributed by atoms with E-state index in [2.05, 4.69) is 30.5 Å². The van der Waals surface area contributed by atoms with Gasteiger partial charge in [-0.25, -0.2) is 0 Å². The maximum absolute atomic E-state index is 6.40. The predicted molar refractivity (Wildman–Crippen MR) is 115 cm³/mol. The minimum atomic E-state index is 0.0982. The Morgan fingerprint density at radius 1 is 1.21 bits per heavy atom. The zero-order chi connectivity index (χ0) is 19.5. The van der Waals surface area contributed by atoms with Gasteiger partial charge in [0.1, 0.15) is 5.75 Å². The summed E-state index contributed by atoms with van der Waals surface area (Å²) in [4.78, 5) is 6.24. The van der Waals surface area contributed by atoms with Gasteiger partial charge in [0.15, 0.2) is 0 Å². The Morgan fingerprint density at radius 2 is 2.07 bits per heavy atom. The van der Waals surface area contributed by atoms with Crippen molar-refractivity contribution in [1.29, 1.82) is 0 Å². The van der Waals surface area contributed by atoms with E-state index in [0.29, 0.717) is 5.92 Å². The van der Waals surface area contributed by atoms with E-state index >= 15 is 0 Å². The Hall–Kier alpha value is -1.39. The summed E-state index contributed by atoms with van der Waals surface area (Å²) in [7, 11) is 1.77. The molecule has 4 rings (SSSR count). The summed E-state index contributed by atoms with van der Waals surface area (Å²) in [6.07, 6.45) is 12.8. The lowest BCUT2D eigenvalue weighted by Crippen LogP contribution is -2.49. The SMILES string of the molecule is COc1ccsc1CCCC(C)C1(c2ccccn2)CCOC2(CCCC2)C1. The molecule has 0 bridgehead atoms. The maximum Gasteiger partial charge on any atom is 0.132 e. The number of ether oxygens (including phenoxy) is 2. The molecule has 28 heavy (non-hydrogen) atoms. The van der Waals surface area contributed by atoms with Crippen molar-refractivity contribution in [1.82, 2.24) is 4.98 Å². The lowest BCUT2D eigenvalue weighted by Gasteiger charge is -2.49. The van der Waals surface area contributed by atoms with Crippen LogP contribution in [0.25, 0.3) is 0 Å². The molecule has 2 aromatic rings. The largest absolute Gasteiger partial charge is 0.496 e. The molecule has 3 heterocycles. The van der Waals surface area contributed by atoms with Gasteiger partial charge >= 0.3 is 0 Å². The molecule has 2 aromatic heterocycles. The van der Waals surface area contributed by atoms with Gasteiger partial charge in [0.25, 0.3) is 0 Å². The van der Waals surface area contributed by atoms with E-state index in [4.69, 9.17) is 14.5 Å². The van der Waals surface area contributed by atoms with Crippen LogP contribution < -0.4 is 4.74 Å². The number of aryl methyl sites for hydroxylation is 1. The lowest BCUT2D eigenvalue weighted by molar-refractivity contribution is -0.113. The topological polar surface area (TPSA) is 31.4 Å². The van der Waals surface area contributed by atoms with Crippen LogP contribution in [-0.2, 0) is 16.6 Å². The summed E-state index contributed by atoms with van der Waals surface area (Å²) in [6.45, 7) is 3.33. The molecule has 1 saturated heterocycles. The van der Waals surface area contributed by atoms with E-state index in [1.807, 2.05) is 23.6 Å². The second-order valence-corrected chi connectivity index (χ2v) is 9.74. The number of methoxy groups -OCH3 is 1. The molecule has 4 heteroatoms. The summed E-state index contributed by atoms with van der Waals surface area (Å²) in [5.74, 6) is 1.64. The van der Waals surface area contributed by atoms with Crippen molar-refractivity contribution in [2.24, 2.45) is 5.92 Å². The van der Waals surface area contributed by atoms with Crippen molar-refractivity contribution in [2.45, 2.75) is 75.7 Å². The average molecular weight is 400 g/mol. The van der Waals surface area contributed by atoms with Crippen LogP contribution in [0.4, 0.5) is 0 Å². The molecule has 1 saturated carbocycles. The predicted octanol–water partition coefficient (Wildman–Crippen LogP) is 6.17. The molecule has 152 valence electrons. The van der Waals surface area contributed by atoms with E-state index in [1.54, 1.807) is 7.11 Å². The average Bonchev–Trinajstić information content (AvgIpc) is 3.38. The smallest absolute Gasteiger partial charge is 0.132 e. The second-order valence-electron chi connectivity index (χ2n) is 8.74. The Balaban J connectivity index is 1.52. The van der Waals surface area contributed by atoms with E-state index < -0.39 is 0 Å². The third kappa shape index (κ3) is 3.86. The Labute approximate surface area is 173 Å². The number of hydrogen-bond acceptors (Lipinski definition) is 4. The quantitative estimate of drug-likeness (QED) is 0.558. The van der Waals surface area contributed by atoms with E-state index in [-0.39, 0.29) is 11.0 Å². The molecule has 1 aliphatic heterocycles. The molecular formula is C24H33NO2S. The van der Waals surface area contributed by atoms with Gasteiger partial charge < -0.3 is 9.47 Å². The monoisotopic (exact) mass is 399 g/mol. The van der Waals surface area contributed by atoms with Gasteiger partial charge in [-0.05, 0) is 74.4 Å². The highest BCUT2D eigenvalue weighted by molar-refractivity contribution is 7.10. The highest BCUT2D eigenvalue weighted by Gasteiger charge is 2.50. The number of nitrogens with zero attached hydrogens (tertiary/aromatic N) is 1. The maximum atomic E-state index is 6.40. The molecule has 0 N–H and O–H groups in total. The van der Waals surface area contributed by atoms with Crippen LogP contribution in [0.15, 0.2) is 35.8 Å². The first kappa shape index (κ1) is 19.9. The van der Waals surface area contributed by atoms with Crippen LogP contribution in [0.1, 0.15) is 68.9 Å². The van der Waals surface area contributed by atoms with Gasteiger partial charge in [0, 0.05) is 28.8 Å². The molecule has 0 radical (unpaired) electrons. The summed E-state index contributed by atoms with van der Waals surface area (Å²) in [5, 5.41) is 2.13. The van der Waals surface area contributed by atoms with Crippen molar-refractivity contribution in [2.75, 3.05) is 13.7 Å². The minimum absolute atomic E-state index is 0.0982. The highest BCUT2D eigenvalue weighted by atomic mass is 32.1. The zero-order valence-electron chi connectivity index (χ0n) is 17.3. The van der Waals surface area contributed by atoms with E-state index in [1.165, 1.54) is 49.1 Å². The van der Waals surface area contributed by atoms with Crippen LogP contribution in [0.2, 0.25) is 0 Å². The highest BCUT2D eigenvalue weighted by Crippen LogP contribution is 2.52. The van der Waals surface area contributed by atoms with Gasteiger partial charge in [-0.1, -0.05) is 25.8 Å². The van der Waals surface area contributed by atoms with Crippen molar-refractivity contribution < 1.29 is 9.47 Å². The van der Waals surface area contributed by atoms with Crippen LogP contribution >= 0.6 is 11.3 Å². The van der Waals surface area contributed by atoms with Gasteiger partial charge in [0.2, 0.25) is 0 Å². The first-order valence-corrected chi connectivity index (χ1v) is 11.7. The van der Waals surface area contributed by atoms with Crippen molar-refractivity contribution >= 4 is 11.3 Å². The van der Waals surface area contributed by atoms with Crippen LogP contribution in [0.5, 0.6) is 5.75 Å². The number of aromatic nitrogens is 1. The molecule has 1 aliphatic carbocycles. The lowest BCUT2D eigenvalue weighted by atomic mass is 9.62. The third-order valence-electron chi connectivity index (χ3n) is 7.19. The first-order chi connectivity index (χ1) is 13.7. The normalized spacial score (nSPS) is 25.1. The molecule has 3 nitrogen and oxygen atoms in total. The van der Waals surface area contributed by atoms with Crippen LogP contribution in [-0.4, -0.2) is 24.3 Å². The van der Waals surface area contributed by atoms with E-state index in [9.17, 15) is 0 Å². The fourth-order valence-corrected chi connectivity index (χ4v) is 6.48. The summed E-state index contributed by atoms with van der Waals surface area (Å²) in [5.41, 5.74) is 1.52.